The Balaban J connectivity index is 1.76. The molecule has 2 N–H and O–H groups in total. The smallest absolute Gasteiger partial charge is 0.410 e. The van der Waals surface area contributed by atoms with E-state index in [4.69, 9.17) is 18.9 Å². The fourth-order valence-electron chi connectivity index (χ4n) is 5.54. The molecule has 0 aliphatic rings. The molecule has 2 aromatic carbocycles. The van der Waals surface area contributed by atoms with Crippen LogP contribution in [0.5, 0.6) is 11.5 Å². The lowest BCUT2D eigenvalue weighted by Crippen LogP contribution is -2.39. The molecule has 0 spiro atoms. The molecular formula is C42H66N4O8. The van der Waals surface area contributed by atoms with Crippen LogP contribution in [0, 0.1) is 0 Å². The topological polar surface area (TPSA) is 136 Å². The molecule has 2 aromatic rings. The highest BCUT2D eigenvalue weighted by molar-refractivity contribution is 5.76. The predicted molar refractivity (Wildman–Crippen MR) is 212 cm³/mol. The minimum Gasteiger partial charge on any atom is -0.497 e. The van der Waals surface area contributed by atoms with E-state index in [1.807, 2.05) is 90.1 Å². The van der Waals surface area contributed by atoms with Gasteiger partial charge in [0, 0.05) is 52.1 Å². The Bertz CT molecular complexity index is 1330. The molecule has 0 aliphatic carbocycles. The summed E-state index contributed by atoms with van der Waals surface area (Å²) in [5.74, 6) is 1.47. The van der Waals surface area contributed by atoms with Crippen LogP contribution >= 0.6 is 0 Å². The van der Waals surface area contributed by atoms with Gasteiger partial charge < -0.3 is 39.4 Å². The number of methoxy groups -OCH3 is 2. The molecule has 0 aliphatic heterocycles. The Hall–Kier alpha value is -4.48. The van der Waals surface area contributed by atoms with Crippen molar-refractivity contribution in [3.8, 4) is 11.5 Å². The van der Waals surface area contributed by atoms with Crippen LogP contribution in [-0.2, 0) is 31.9 Å². The van der Waals surface area contributed by atoms with Crippen LogP contribution in [0.1, 0.15) is 104 Å². The summed E-state index contributed by atoms with van der Waals surface area (Å²) >= 11 is 0. The molecule has 54 heavy (non-hydrogen) atoms. The molecule has 0 radical (unpaired) electrons. The molecular weight excluding hydrogens is 688 g/mol. The van der Waals surface area contributed by atoms with Crippen molar-refractivity contribution in [1.82, 2.24) is 20.4 Å². The van der Waals surface area contributed by atoms with Crippen LogP contribution < -0.4 is 20.1 Å². The summed E-state index contributed by atoms with van der Waals surface area (Å²) in [5, 5.41) is 5.93. The SMILES string of the molecule is COc1cccc(CCC(=O)NCCCN(CCCCCCN(CCCNC(=O)CCc2cccc(OC)c2)C(=O)OC(C)(C)C)C(=O)OC(C)(C)C)c1. The number of ether oxygens (including phenoxy) is 4. The van der Waals surface area contributed by atoms with E-state index in [0.29, 0.717) is 77.8 Å². The number of carbonyl (C=O) groups is 4. The van der Waals surface area contributed by atoms with E-state index in [9.17, 15) is 19.2 Å². The number of amides is 4. The number of aryl methyl sites for hydroxylation is 2. The molecule has 0 aromatic heterocycles. The Labute approximate surface area is 323 Å². The van der Waals surface area contributed by atoms with Crippen LogP contribution in [0.2, 0.25) is 0 Å². The maximum Gasteiger partial charge on any atom is 0.410 e. The Morgan fingerprint density at radius 3 is 1.28 bits per heavy atom. The standard InChI is InChI=1S/C42H66N4O8/c1-41(2,3)53-39(49)45(29-15-25-43-37(47)23-21-33-17-13-19-35(31-33)51-7)27-11-9-10-12-28-46(40(50)54-42(4,5)6)30-16-26-44-38(48)24-22-34-18-14-20-36(32-34)52-8/h13-14,17-20,31-32H,9-12,15-16,21-30H2,1-8H3,(H,43,47)(H,44,48). The number of hydrogen-bond acceptors (Lipinski definition) is 8. The van der Waals surface area contributed by atoms with Crippen LogP contribution in [0.15, 0.2) is 48.5 Å². The first kappa shape index (κ1) is 45.7. The van der Waals surface area contributed by atoms with Crippen LogP contribution in [0.3, 0.4) is 0 Å². The van der Waals surface area contributed by atoms with Crippen molar-refractivity contribution in [2.75, 3.05) is 53.5 Å². The number of unbranched alkanes of at least 4 members (excludes halogenated alkanes) is 3. The van der Waals surface area contributed by atoms with Crippen molar-refractivity contribution >= 4 is 24.0 Å². The van der Waals surface area contributed by atoms with Crippen molar-refractivity contribution in [1.29, 1.82) is 0 Å². The molecule has 302 valence electrons. The van der Waals surface area contributed by atoms with Gasteiger partial charge in [-0.3, -0.25) is 9.59 Å². The molecule has 2 rings (SSSR count). The van der Waals surface area contributed by atoms with Crippen molar-refractivity contribution in [2.24, 2.45) is 0 Å². The number of hydrogen-bond donors (Lipinski definition) is 2. The zero-order valence-electron chi connectivity index (χ0n) is 34.1. The third-order valence-corrected chi connectivity index (χ3v) is 8.31. The van der Waals surface area contributed by atoms with Gasteiger partial charge in [-0.2, -0.15) is 0 Å². The molecule has 0 fully saturated rings. The largest absolute Gasteiger partial charge is 0.497 e. The summed E-state index contributed by atoms with van der Waals surface area (Å²) in [6, 6.07) is 15.4. The second-order valence-electron chi connectivity index (χ2n) is 15.5. The summed E-state index contributed by atoms with van der Waals surface area (Å²) in [6.45, 7) is 14.0. The minimum atomic E-state index is -0.617. The van der Waals surface area contributed by atoms with Gasteiger partial charge in [-0.25, -0.2) is 9.59 Å². The van der Waals surface area contributed by atoms with E-state index in [2.05, 4.69) is 10.6 Å². The molecule has 0 unspecified atom stereocenters. The van der Waals surface area contributed by atoms with E-state index in [1.165, 1.54) is 0 Å². The monoisotopic (exact) mass is 754 g/mol. The van der Waals surface area contributed by atoms with Gasteiger partial charge in [-0.05, 0) is 115 Å². The lowest BCUT2D eigenvalue weighted by Gasteiger charge is -2.28. The summed E-state index contributed by atoms with van der Waals surface area (Å²) in [4.78, 5) is 54.3. The van der Waals surface area contributed by atoms with Gasteiger partial charge in [0.15, 0.2) is 0 Å². The number of benzene rings is 2. The maximum atomic E-state index is 13.0. The highest BCUT2D eigenvalue weighted by Gasteiger charge is 2.23. The lowest BCUT2D eigenvalue weighted by atomic mass is 10.1. The van der Waals surface area contributed by atoms with Crippen molar-refractivity contribution < 1.29 is 38.1 Å². The molecule has 12 heteroatoms. The Kier molecular flexibility index (Phi) is 20.3. The fraction of sp³-hybridized carbons (Fsp3) is 0.619. The van der Waals surface area contributed by atoms with E-state index in [-0.39, 0.29) is 24.0 Å². The first-order chi connectivity index (χ1) is 25.6. The maximum absolute atomic E-state index is 13.0. The number of carbonyl (C=O) groups excluding carboxylic acids is 4. The van der Waals surface area contributed by atoms with Crippen LogP contribution in [-0.4, -0.2) is 98.5 Å². The molecule has 0 heterocycles. The third kappa shape index (κ3) is 20.7. The highest BCUT2D eigenvalue weighted by atomic mass is 16.6. The quantitative estimate of drug-likeness (QED) is 0.113. The van der Waals surface area contributed by atoms with E-state index < -0.39 is 11.2 Å². The molecule has 0 atom stereocenters. The average molecular weight is 755 g/mol. The summed E-state index contributed by atoms with van der Waals surface area (Å²) < 4.78 is 21.8. The van der Waals surface area contributed by atoms with Gasteiger partial charge in [-0.1, -0.05) is 37.1 Å². The zero-order chi connectivity index (χ0) is 40.0. The second kappa shape index (κ2) is 24.0. The summed E-state index contributed by atoms with van der Waals surface area (Å²) in [6.07, 6.45) is 5.76. The van der Waals surface area contributed by atoms with Crippen molar-refractivity contribution in [3.05, 3.63) is 59.7 Å². The molecule has 0 bridgehead atoms. The van der Waals surface area contributed by atoms with Gasteiger partial charge >= 0.3 is 12.2 Å². The lowest BCUT2D eigenvalue weighted by molar-refractivity contribution is -0.121. The average Bonchev–Trinajstić information content (AvgIpc) is 3.11. The number of nitrogens with zero attached hydrogens (tertiary/aromatic N) is 2. The van der Waals surface area contributed by atoms with E-state index in [0.717, 1.165) is 48.3 Å². The number of nitrogens with one attached hydrogen (secondary N) is 2. The van der Waals surface area contributed by atoms with Crippen LogP contribution in [0.25, 0.3) is 0 Å². The number of rotatable bonds is 23. The zero-order valence-corrected chi connectivity index (χ0v) is 34.1. The molecule has 4 amide bonds. The fourth-order valence-corrected chi connectivity index (χ4v) is 5.54. The third-order valence-electron chi connectivity index (χ3n) is 8.31. The van der Waals surface area contributed by atoms with Crippen LogP contribution in [0.4, 0.5) is 9.59 Å². The van der Waals surface area contributed by atoms with Gasteiger partial charge in [0.05, 0.1) is 14.2 Å². The first-order valence-corrected chi connectivity index (χ1v) is 19.3. The predicted octanol–water partition coefficient (Wildman–Crippen LogP) is 7.32. The second-order valence-corrected chi connectivity index (χ2v) is 15.5. The van der Waals surface area contributed by atoms with E-state index >= 15 is 0 Å². The van der Waals surface area contributed by atoms with Gasteiger partial charge in [0.25, 0.3) is 0 Å². The van der Waals surface area contributed by atoms with Gasteiger partial charge in [0.1, 0.15) is 22.7 Å². The minimum absolute atomic E-state index is 0.0349. The molecule has 12 nitrogen and oxygen atoms in total. The van der Waals surface area contributed by atoms with Gasteiger partial charge in [-0.15, -0.1) is 0 Å². The van der Waals surface area contributed by atoms with Gasteiger partial charge in [0.2, 0.25) is 11.8 Å². The Morgan fingerprint density at radius 1 is 0.556 bits per heavy atom. The van der Waals surface area contributed by atoms with E-state index in [1.54, 1.807) is 24.0 Å². The normalized spacial score (nSPS) is 11.3. The van der Waals surface area contributed by atoms with Crippen molar-refractivity contribution in [2.45, 2.75) is 117 Å². The molecule has 0 saturated carbocycles. The highest BCUT2D eigenvalue weighted by Crippen LogP contribution is 2.16. The summed E-state index contributed by atoms with van der Waals surface area (Å²) in [7, 11) is 3.24. The summed E-state index contributed by atoms with van der Waals surface area (Å²) in [5.41, 5.74) is 0.843. The van der Waals surface area contributed by atoms with Crippen molar-refractivity contribution in [3.63, 3.8) is 0 Å². The molecule has 0 saturated heterocycles. The Morgan fingerprint density at radius 2 is 0.926 bits per heavy atom. The first-order valence-electron chi connectivity index (χ1n) is 19.3.